The molecule has 1 N–H and O–H groups in total. The van der Waals surface area contributed by atoms with Crippen LogP contribution in [-0.4, -0.2) is 7.11 Å². The molecule has 1 aliphatic rings. The minimum Gasteiger partial charge on any atom is -0.495 e. The van der Waals surface area contributed by atoms with E-state index in [1.54, 1.807) is 7.11 Å². The number of allylic oxidation sites excluding steroid dienone is 2. The molecule has 15 heavy (non-hydrogen) atoms. The van der Waals surface area contributed by atoms with E-state index in [4.69, 9.17) is 4.74 Å². The third-order valence-electron chi connectivity index (χ3n) is 2.17. The number of dihydropyridines is 1. The lowest BCUT2D eigenvalue weighted by molar-refractivity contribution is 0.303. The van der Waals surface area contributed by atoms with Crippen molar-refractivity contribution in [2.45, 2.75) is 0 Å². The summed E-state index contributed by atoms with van der Waals surface area (Å²) in [5.41, 5.74) is 2.24. The first-order chi connectivity index (χ1) is 7.38. The molecule has 2 rings (SSSR count). The average molecular weight is 199 g/mol. The Morgan fingerprint density at radius 2 is 1.93 bits per heavy atom. The van der Waals surface area contributed by atoms with Crippen molar-refractivity contribution in [3.05, 3.63) is 65.7 Å². The largest absolute Gasteiger partial charge is 0.495 e. The second-order valence-corrected chi connectivity index (χ2v) is 3.24. The molecule has 0 radical (unpaired) electrons. The van der Waals surface area contributed by atoms with Gasteiger partial charge in [0.2, 0.25) is 0 Å². The zero-order valence-electron chi connectivity index (χ0n) is 8.60. The van der Waals surface area contributed by atoms with Crippen LogP contribution in [0, 0.1) is 0 Å². The van der Waals surface area contributed by atoms with Gasteiger partial charge in [-0.1, -0.05) is 30.3 Å². The molecule has 0 atom stereocenters. The molecule has 0 aliphatic carbocycles. The molecular formula is C13H13NO. The summed E-state index contributed by atoms with van der Waals surface area (Å²) in [6.45, 7) is 0. The SMILES string of the molecule is COC1=CNC(=Cc2ccccc2)C=C1. The minimum atomic E-state index is 0.834. The minimum absolute atomic E-state index is 0.834. The maximum absolute atomic E-state index is 5.07. The maximum atomic E-state index is 5.07. The molecule has 1 aromatic carbocycles. The smallest absolute Gasteiger partial charge is 0.134 e. The molecular weight excluding hydrogens is 186 g/mol. The van der Waals surface area contributed by atoms with Crippen molar-refractivity contribution in [3.63, 3.8) is 0 Å². The van der Waals surface area contributed by atoms with Crippen LogP contribution < -0.4 is 5.32 Å². The molecule has 0 amide bonds. The molecule has 1 aliphatic heterocycles. The zero-order chi connectivity index (χ0) is 10.5. The van der Waals surface area contributed by atoms with Crippen molar-refractivity contribution in [1.82, 2.24) is 5.32 Å². The highest BCUT2D eigenvalue weighted by atomic mass is 16.5. The quantitative estimate of drug-likeness (QED) is 0.790. The Kier molecular flexibility index (Phi) is 2.88. The number of nitrogens with one attached hydrogen (secondary N) is 1. The molecule has 0 unspecified atom stereocenters. The average Bonchev–Trinajstić information content (AvgIpc) is 2.31. The summed E-state index contributed by atoms with van der Waals surface area (Å²) in [6, 6.07) is 10.2. The first kappa shape index (κ1) is 9.59. The predicted molar refractivity (Wildman–Crippen MR) is 61.8 cm³/mol. The highest BCUT2D eigenvalue weighted by Crippen LogP contribution is 2.10. The normalized spacial score (nSPS) is 17.1. The van der Waals surface area contributed by atoms with Crippen LogP contribution in [0.2, 0.25) is 0 Å². The third kappa shape index (κ3) is 2.50. The van der Waals surface area contributed by atoms with Crippen LogP contribution in [0.25, 0.3) is 6.08 Å². The molecule has 0 saturated carbocycles. The van der Waals surface area contributed by atoms with Crippen LogP contribution >= 0.6 is 0 Å². The van der Waals surface area contributed by atoms with Crippen molar-refractivity contribution < 1.29 is 4.74 Å². The van der Waals surface area contributed by atoms with E-state index in [2.05, 4.69) is 23.5 Å². The van der Waals surface area contributed by atoms with Gasteiger partial charge in [-0.15, -0.1) is 0 Å². The van der Waals surface area contributed by atoms with E-state index in [0.717, 1.165) is 11.5 Å². The van der Waals surface area contributed by atoms with Gasteiger partial charge in [0, 0.05) is 11.9 Å². The highest BCUT2D eigenvalue weighted by Gasteiger charge is 1.99. The fourth-order valence-electron chi connectivity index (χ4n) is 1.37. The first-order valence-electron chi connectivity index (χ1n) is 4.84. The Labute approximate surface area is 89.6 Å². The fraction of sp³-hybridized carbons (Fsp3) is 0.0769. The van der Waals surface area contributed by atoms with E-state index in [1.807, 2.05) is 36.6 Å². The van der Waals surface area contributed by atoms with Gasteiger partial charge in [-0.2, -0.15) is 0 Å². The van der Waals surface area contributed by atoms with Crippen molar-refractivity contribution in [2.75, 3.05) is 7.11 Å². The summed E-state index contributed by atoms with van der Waals surface area (Å²) in [6.07, 6.45) is 7.85. The summed E-state index contributed by atoms with van der Waals surface area (Å²) >= 11 is 0. The Morgan fingerprint density at radius 1 is 1.13 bits per heavy atom. The Hall–Kier alpha value is -1.96. The molecule has 76 valence electrons. The Bertz CT molecular complexity index is 415. The van der Waals surface area contributed by atoms with E-state index in [9.17, 15) is 0 Å². The van der Waals surface area contributed by atoms with Gasteiger partial charge in [0.25, 0.3) is 0 Å². The van der Waals surface area contributed by atoms with Crippen molar-refractivity contribution in [2.24, 2.45) is 0 Å². The second kappa shape index (κ2) is 4.51. The monoisotopic (exact) mass is 199 g/mol. The van der Waals surface area contributed by atoms with Gasteiger partial charge in [-0.25, -0.2) is 0 Å². The van der Waals surface area contributed by atoms with E-state index in [-0.39, 0.29) is 0 Å². The standard InChI is InChI=1S/C13H13NO/c1-15-13-8-7-12(14-10-13)9-11-5-3-2-4-6-11/h2-10,14H,1H3. The molecule has 0 bridgehead atoms. The van der Waals surface area contributed by atoms with E-state index < -0.39 is 0 Å². The highest BCUT2D eigenvalue weighted by molar-refractivity contribution is 5.56. The van der Waals surface area contributed by atoms with Crippen LogP contribution in [0.5, 0.6) is 0 Å². The number of benzene rings is 1. The topological polar surface area (TPSA) is 21.3 Å². The molecule has 1 heterocycles. The number of ether oxygens (including phenoxy) is 1. The first-order valence-corrected chi connectivity index (χ1v) is 4.84. The van der Waals surface area contributed by atoms with Gasteiger partial charge < -0.3 is 10.1 Å². The van der Waals surface area contributed by atoms with Crippen molar-refractivity contribution in [3.8, 4) is 0 Å². The molecule has 0 aromatic heterocycles. The van der Waals surface area contributed by atoms with Crippen LogP contribution in [0.3, 0.4) is 0 Å². The Morgan fingerprint density at radius 3 is 2.53 bits per heavy atom. The van der Waals surface area contributed by atoms with Gasteiger partial charge >= 0.3 is 0 Å². The van der Waals surface area contributed by atoms with Crippen molar-refractivity contribution in [1.29, 1.82) is 0 Å². The molecule has 1 aromatic rings. The molecule has 2 nitrogen and oxygen atoms in total. The van der Waals surface area contributed by atoms with Gasteiger partial charge in [-0.05, 0) is 23.8 Å². The number of methoxy groups -OCH3 is 1. The molecule has 0 fully saturated rings. The van der Waals surface area contributed by atoms with E-state index in [0.29, 0.717) is 0 Å². The third-order valence-corrected chi connectivity index (χ3v) is 2.17. The summed E-state index contributed by atoms with van der Waals surface area (Å²) in [5, 5.41) is 3.16. The lowest BCUT2D eigenvalue weighted by Gasteiger charge is -2.10. The molecule has 0 saturated heterocycles. The number of rotatable bonds is 2. The number of hydrogen-bond donors (Lipinski definition) is 1. The van der Waals surface area contributed by atoms with E-state index >= 15 is 0 Å². The predicted octanol–water partition coefficient (Wildman–Crippen LogP) is 2.67. The number of hydrogen-bond acceptors (Lipinski definition) is 2. The van der Waals surface area contributed by atoms with Gasteiger partial charge in [0.15, 0.2) is 0 Å². The summed E-state index contributed by atoms with van der Waals surface area (Å²) in [4.78, 5) is 0. The lowest BCUT2D eigenvalue weighted by atomic mass is 10.1. The van der Waals surface area contributed by atoms with E-state index in [1.165, 1.54) is 5.56 Å². The van der Waals surface area contributed by atoms with Crippen LogP contribution in [0.4, 0.5) is 0 Å². The molecule has 0 spiro atoms. The van der Waals surface area contributed by atoms with Crippen LogP contribution in [0.1, 0.15) is 5.56 Å². The van der Waals surface area contributed by atoms with Crippen molar-refractivity contribution >= 4 is 6.08 Å². The van der Waals surface area contributed by atoms with Gasteiger partial charge in [-0.3, -0.25) is 0 Å². The lowest BCUT2D eigenvalue weighted by Crippen LogP contribution is -2.08. The summed E-state index contributed by atoms with van der Waals surface area (Å²) in [5.74, 6) is 0.834. The van der Waals surface area contributed by atoms with Gasteiger partial charge in [0.05, 0.1) is 7.11 Å². The van der Waals surface area contributed by atoms with Gasteiger partial charge in [0.1, 0.15) is 5.76 Å². The maximum Gasteiger partial charge on any atom is 0.134 e. The van der Waals surface area contributed by atoms with Crippen LogP contribution in [0.15, 0.2) is 60.1 Å². The summed E-state index contributed by atoms with van der Waals surface area (Å²) < 4.78 is 5.07. The summed E-state index contributed by atoms with van der Waals surface area (Å²) in [7, 11) is 1.66. The zero-order valence-corrected chi connectivity index (χ0v) is 8.60. The van der Waals surface area contributed by atoms with Crippen LogP contribution in [-0.2, 0) is 4.74 Å². The molecule has 2 heteroatoms. The fourth-order valence-corrected chi connectivity index (χ4v) is 1.37. The Balaban J connectivity index is 2.13. The second-order valence-electron chi connectivity index (χ2n) is 3.24.